The van der Waals surface area contributed by atoms with Gasteiger partial charge in [0.15, 0.2) is 18.1 Å². The molecule has 1 aliphatic heterocycles. The first-order valence-electron chi connectivity index (χ1n) is 8.65. The lowest BCUT2D eigenvalue weighted by atomic mass is 10.1. The molecule has 0 bridgehead atoms. The van der Waals surface area contributed by atoms with Gasteiger partial charge in [-0.3, -0.25) is 4.79 Å². The summed E-state index contributed by atoms with van der Waals surface area (Å²) in [6.45, 7) is 3.11. The topological polar surface area (TPSA) is 73.8 Å². The average Bonchev–Trinajstić information content (AvgIpc) is 2.67. The van der Waals surface area contributed by atoms with Gasteiger partial charge in [0.1, 0.15) is 11.9 Å². The molecule has 0 atom stereocenters. The predicted octanol–water partition coefficient (Wildman–Crippen LogP) is 2.24. The molecule has 2 aromatic rings. The highest BCUT2D eigenvalue weighted by Crippen LogP contribution is 2.26. The summed E-state index contributed by atoms with van der Waals surface area (Å²) < 4.78 is 16.7. The zero-order valence-electron chi connectivity index (χ0n) is 15.1. The standard InChI is InChI=1S/C19H23N3O4/c1-14-20-10-7-18(21-14)26-15-8-11-22(12-9-15)19(23)13-25-17-6-4-3-5-16(17)24-2/h3-7,10,15H,8-9,11-13H2,1-2H3. The molecule has 1 saturated heterocycles. The van der Waals surface area contributed by atoms with E-state index in [1.54, 1.807) is 36.4 Å². The van der Waals surface area contributed by atoms with E-state index in [1.807, 2.05) is 19.1 Å². The number of piperidine rings is 1. The number of ether oxygens (including phenoxy) is 3. The second-order valence-corrected chi connectivity index (χ2v) is 6.08. The van der Waals surface area contributed by atoms with E-state index >= 15 is 0 Å². The third-order valence-corrected chi connectivity index (χ3v) is 4.25. The molecule has 1 fully saturated rings. The zero-order chi connectivity index (χ0) is 18.4. The lowest BCUT2D eigenvalue weighted by Crippen LogP contribution is -2.43. The first-order chi connectivity index (χ1) is 12.7. The maximum absolute atomic E-state index is 12.4. The smallest absolute Gasteiger partial charge is 0.260 e. The fourth-order valence-corrected chi connectivity index (χ4v) is 2.86. The Kier molecular flexibility index (Phi) is 5.88. The van der Waals surface area contributed by atoms with Crippen molar-refractivity contribution < 1.29 is 19.0 Å². The lowest BCUT2D eigenvalue weighted by molar-refractivity contribution is -0.135. The molecule has 1 amide bonds. The normalized spacial score (nSPS) is 14.8. The number of hydrogen-bond acceptors (Lipinski definition) is 6. The summed E-state index contributed by atoms with van der Waals surface area (Å²) in [7, 11) is 1.58. The quantitative estimate of drug-likeness (QED) is 0.789. The minimum Gasteiger partial charge on any atom is -0.493 e. The molecule has 1 aromatic heterocycles. The number of rotatable bonds is 6. The largest absolute Gasteiger partial charge is 0.493 e. The Hall–Kier alpha value is -2.83. The molecule has 1 aromatic carbocycles. The molecule has 0 radical (unpaired) electrons. The van der Waals surface area contributed by atoms with Crippen molar-refractivity contribution in [2.75, 3.05) is 26.8 Å². The Morgan fingerprint density at radius 2 is 1.92 bits per heavy atom. The van der Waals surface area contributed by atoms with Crippen LogP contribution in [0.1, 0.15) is 18.7 Å². The molecule has 1 aliphatic rings. The highest BCUT2D eigenvalue weighted by molar-refractivity contribution is 5.78. The molecular formula is C19H23N3O4. The van der Waals surface area contributed by atoms with E-state index in [-0.39, 0.29) is 18.6 Å². The van der Waals surface area contributed by atoms with E-state index < -0.39 is 0 Å². The molecule has 0 unspecified atom stereocenters. The summed E-state index contributed by atoms with van der Waals surface area (Å²) in [6, 6.07) is 9.05. The van der Waals surface area contributed by atoms with Gasteiger partial charge in [0.25, 0.3) is 5.91 Å². The van der Waals surface area contributed by atoms with Crippen LogP contribution in [0, 0.1) is 6.92 Å². The van der Waals surface area contributed by atoms with Gasteiger partial charge >= 0.3 is 0 Å². The molecular weight excluding hydrogens is 334 g/mol. The van der Waals surface area contributed by atoms with Crippen molar-refractivity contribution in [1.82, 2.24) is 14.9 Å². The second-order valence-electron chi connectivity index (χ2n) is 6.08. The third-order valence-electron chi connectivity index (χ3n) is 4.25. The van der Waals surface area contributed by atoms with Crippen LogP contribution < -0.4 is 14.2 Å². The number of aromatic nitrogens is 2. The van der Waals surface area contributed by atoms with Gasteiger partial charge in [-0.1, -0.05) is 12.1 Å². The fourth-order valence-electron chi connectivity index (χ4n) is 2.86. The monoisotopic (exact) mass is 357 g/mol. The van der Waals surface area contributed by atoms with E-state index in [4.69, 9.17) is 14.2 Å². The highest BCUT2D eigenvalue weighted by Gasteiger charge is 2.24. The number of aryl methyl sites for hydroxylation is 1. The number of carbonyl (C=O) groups excluding carboxylic acids is 1. The van der Waals surface area contributed by atoms with Crippen LogP contribution in [0.4, 0.5) is 0 Å². The maximum Gasteiger partial charge on any atom is 0.260 e. The first-order valence-corrected chi connectivity index (χ1v) is 8.65. The number of hydrogen-bond donors (Lipinski definition) is 0. The maximum atomic E-state index is 12.4. The fraction of sp³-hybridized carbons (Fsp3) is 0.421. The zero-order valence-corrected chi connectivity index (χ0v) is 15.1. The van der Waals surface area contributed by atoms with Crippen LogP contribution in [0.3, 0.4) is 0 Å². The molecule has 3 rings (SSSR count). The van der Waals surface area contributed by atoms with Gasteiger partial charge < -0.3 is 19.1 Å². The Morgan fingerprint density at radius 1 is 1.19 bits per heavy atom. The first kappa shape index (κ1) is 18.0. The molecule has 2 heterocycles. The van der Waals surface area contributed by atoms with Gasteiger partial charge in [-0.05, 0) is 19.1 Å². The average molecular weight is 357 g/mol. The van der Waals surface area contributed by atoms with E-state index in [2.05, 4.69) is 9.97 Å². The summed E-state index contributed by atoms with van der Waals surface area (Å²) in [5.74, 6) is 2.42. The SMILES string of the molecule is COc1ccccc1OCC(=O)N1CCC(Oc2ccnc(C)n2)CC1. The van der Waals surface area contributed by atoms with Gasteiger partial charge in [-0.15, -0.1) is 0 Å². The predicted molar refractivity (Wildman–Crippen MR) is 95.5 cm³/mol. The lowest BCUT2D eigenvalue weighted by Gasteiger charge is -2.31. The van der Waals surface area contributed by atoms with Crippen molar-refractivity contribution in [3.8, 4) is 17.4 Å². The van der Waals surface area contributed by atoms with Crippen molar-refractivity contribution in [1.29, 1.82) is 0 Å². The Bertz CT molecular complexity index is 745. The van der Waals surface area contributed by atoms with Crippen molar-refractivity contribution in [3.63, 3.8) is 0 Å². The van der Waals surface area contributed by atoms with Crippen LogP contribution >= 0.6 is 0 Å². The van der Waals surface area contributed by atoms with Gasteiger partial charge in [0, 0.05) is 38.2 Å². The van der Waals surface area contributed by atoms with Gasteiger partial charge in [0.2, 0.25) is 5.88 Å². The van der Waals surface area contributed by atoms with Crippen molar-refractivity contribution in [2.24, 2.45) is 0 Å². The van der Waals surface area contributed by atoms with Gasteiger partial charge in [0.05, 0.1) is 7.11 Å². The molecule has 26 heavy (non-hydrogen) atoms. The summed E-state index contributed by atoms with van der Waals surface area (Å²) >= 11 is 0. The van der Waals surface area contributed by atoms with E-state index in [0.717, 1.165) is 12.8 Å². The minimum absolute atomic E-state index is 0.00297. The van der Waals surface area contributed by atoms with Crippen LogP contribution in [0.15, 0.2) is 36.5 Å². The van der Waals surface area contributed by atoms with Gasteiger partial charge in [-0.2, -0.15) is 4.98 Å². The van der Waals surface area contributed by atoms with Gasteiger partial charge in [-0.25, -0.2) is 4.98 Å². The number of methoxy groups -OCH3 is 1. The molecule has 0 saturated carbocycles. The summed E-state index contributed by atoms with van der Waals surface area (Å²) in [6.07, 6.45) is 3.28. The van der Waals surface area contributed by atoms with Crippen LogP contribution in [0.2, 0.25) is 0 Å². The number of benzene rings is 1. The number of likely N-dealkylation sites (tertiary alicyclic amines) is 1. The Labute approximate surface area is 152 Å². The van der Waals surface area contributed by atoms with E-state index in [1.165, 1.54) is 0 Å². The van der Waals surface area contributed by atoms with Crippen molar-refractivity contribution >= 4 is 5.91 Å². The van der Waals surface area contributed by atoms with Crippen LogP contribution in [0.25, 0.3) is 0 Å². The van der Waals surface area contributed by atoms with Crippen molar-refractivity contribution in [2.45, 2.75) is 25.9 Å². The molecule has 0 aliphatic carbocycles. The van der Waals surface area contributed by atoms with Crippen LogP contribution in [0.5, 0.6) is 17.4 Å². The van der Waals surface area contributed by atoms with Crippen LogP contribution in [-0.4, -0.2) is 53.7 Å². The summed E-state index contributed by atoms with van der Waals surface area (Å²) in [5.41, 5.74) is 0. The number of amides is 1. The highest BCUT2D eigenvalue weighted by atomic mass is 16.5. The summed E-state index contributed by atoms with van der Waals surface area (Å²) in [5, 5.41) is 0. The molecule has 138 valence electrons. The minimum atomic E-state index is -0.0350. The van der Waals surface area contributed by atoms with Crippen molar-refractivity contribution in [3.05, 3.63) is 42.4 Å². The van der Waals surface area contributed by atoms with Crippen LogP contribution in [-0.2, 0) is 4.79 Å². The number of nitrogens with zero attached hydrogens (tertiary/aromatic N) is 3. The summed E-state index contributed by atoms with van der Waals surface area (Å²) in [4.78, 5) is 22.5. The van der Waals surface area contributed by atoms with E-state index in [0.29, 0.717) is 36.3 Å². The Morgan fingerprint density at radius 3 is 2.62 bits per heavy atom. The molecule has 7 heteroatoms. The molecule has 0 N–H and O–H groups in total. The Balaban J connectivity index is 1.46. The molecule has 0 spiro atoms. The number of carbonyl (C=O) groups is 1. The second kappa shape index (κ2) is 8.51. The number of para-hydroxylation sites is 2. The third kappa shape index (κ3) is 4.62. The molecule has 7 nitrogen and oxygen atoms in total. The van der Waals surface area contributed by atoms with E-state index in [9.17, 15) is 4.79 Å².